The minimum absolute atomic E-state index is 0.0185. The number of rotatable bonds is 23. The number of carboxylic acid groups (broad SMARTS) is 3. The van der Waals surface area contributed by atoms with Gasteiger partial charge in [-0.1, -0.05) is 6.07 Å². The molecule has 276 valence electrons. The second-order valence-electron chi connectivity index (χ2n) is 11.7. The van der Waals surface area contributed by atoms with Gasteiger partial charge in [0.2, 0.25) is 17.4 Å². The van der Waals surface area contributed by atoms with E-state index in [2.05, 4.69) is 20.9 Å². The molecule has 0 saturated heterocycles. The fourth-order valence-electron chi connectivity index (χ4n) is 5.25. The molecule has 19 heteroatoms. The van der Waals surface area contributed by atoms with Gasteiger partial charge < -0.3 is 36.3 Å². The van der Waals surface area contributed by atoms with Crippen molar-refractivity contribution in [3.63, 3.8) is 0 Å². The van der Waals surface area contributed by atoms with E-state index in [1.807, 2.05) is 19.1 Å². The summed E-state index contributed by atoms with van der Waals surface area (Å²) in [4.78, 5) is 102. The monoisotopic (exact) mass is 714 g/mol. The Morgan fingerprint density at radius 3 is 1.88 bits per heavy atom. The largest absolute Gasteiger partial charge is 0.480 e. The summed E-state index contributed by atoms with van der Waals surface area (Å²) in [6.45, 7) is 0.684. The molecular formula is C32H42N8O11. The van der Waals surface area contributed by atoms with Gasteiger partial charge in [0.25, 0.3) is 11.8 Å². The zero-order chi connectivity index (χ0) is 37.5. The number of carboxylic acids is 3. The van der Waals surface area contributed by atoms with Crippen molar-refractivity contribution in [2.24, 2.45) is 0 Å². The van der Waals surface area contributed by atoms with E-state index < -0.39 is 54.6 Å². The van der Waals surface area contributed by atoms with E-state index in [-0.39, 0.29) is 71.0 Å². The van der Waals surface area contributed by atoms with Gasteiger partial charge >= 0.3 is 17.9 Å². The first-order chi connectivity index (χ1) is 24.2. The van der Waals surface area contributed by atoms with Crippen LogP contribution in [0.3, 0.4) is 0 Å². The lowest BCUT2D eigenvalue weighted by atomic mass is 10.1. The van der Waals surface area contributed by atoms with Gasteiger partial charge in [0.15, 0.2) is 0 Å². The topological polar surface area (TPSA) is 262 Å². The van der Waals surface area contributed by atoms with Crippen LogP contribution in [0.2, 0.25) is 0 Å². The number of carbonyl (C=O) groups excluding carboxylic acids is 4. The van der Waals surface area contributed by atoms with E-state index >= 15 is 0 Å². The molecule has 1 aromatic heterocycles. The van der Waals surface area contributed by atoms with Crippen LogP contribution in [0.15, 0.2) is 41.2 Å². The van der Waals surface area contributed by atoms with Gasteiger partial charge in [-0.05, 0) is 24.6 Å². The van der Waals surface area contributed by atoms with Crippen LogP contribution < -0.4 is 21.5 Å². The van der Waals surface area contributed by atoms with Crippen LogP contribution in [0, 0.1) is 6.92 Å². The maximum absolute atomic E-state index is 12.5. The molecule has 1 aliphatic rings. The Balaban J connectivity index is 1.48. The number of aliphatic carboxylic acids is 3. The first kappa shape index (κ1) is 39.8. The third kappa shape index (κ3) is 14.0. The van der Waals surface area contributed by atoms with E-state index in [1.165, 1.54) is 15.9 Å². The van der Waals surface area contributed by atoms with Gasteiger partial charge in [-0.15, -0.1) is 0 Å². The highest BCUT2D eigenvalue weighted by molar-refractivity contribution is 6.13. The van der Waals surface area contributed by atoms with Crippen molar-refractivity contribution < 1.29 is 48.9 Å². The molecule has 4 amide bonds. The number of nitrogens with one attached hydrogen (secondary N) is 4. The highest BCUT2D eigenvalue weighted by Gasteiger charge is 2.24. The molecule has 1 aromatic carbocycles. The molecule has 0 spiro atoms. The Morgan fingerprint density at radius 2 is 1.27 bits per heavy atom. The zero-order valence-electron chi connectivity index (χ0n) is 28.1. The number of pyridine rings is 1. The van der Waals surface area contributed by atoms with Crippen molar-refractivity contribution in [3.05, 3.63) is 52.3 Å². The molecule has 0 atom stereocenters. The van der Waals surface area contributed by atoms with Crippen molar-refractivity contribution in [1.82, 2.24) is 35.2 Å². The second-order valence-corrected chi connectivity index (χ2v) is 11.7. The molecule has 19 nitrogen and oxygen atoms in total. The molecule has 0 fully saturated rings. The van der Waals surface area contributed by atoms with Gasteiger partial charge in [0.05, 0.1) is 38.4 Å². The Bertz CT molecular complexity index is 1690. The number of imide groups is 1. The minimum Gasteiger partial charge on any atom is -0.480 e. The average Bonchev–Trinajstić information content (AvgIpc) is 3.36. The fraction of sp³-hybridized carbons (Fsp3) is 0.438. The Morgan fingerprint density at radius 1 is 0.725 bits per heavy atom. The number of fused-ring (bicyclic) bond motifs is 1. The molecule has 2 heterocycles. The lowest BCUT2D eigenvalue weighted by Gasteiger charge is -2.28. The number of anilines is 1. The number of aryl methyl sites for hydroxylation is 1. The van der Waals surface area contributed by atoms with Crippen LogP contribution in [0.25, 0.3) is 10.9 Å². The van der Waals surface area contributed by atoms with Crippen LogP contribution in [0.1, 0.15) is 12.0 Å². The molecular weight excluding hydrogens is 672 g/mol. The lowest BCUT2D eigenvalue weighted by Crippen LogP contribution is -2.47. The van der Waals surface area contributed by atoms with Crippen molar-refractivity contribution >= 4 is 58.1 Å². The smallest absolute Gasteiger partial charge is 0.317 e. The highest BCUT2D eigenvalue weighted by atomic mass is 16.4. The summed E-state index contributed by atoms with van der Waals surface area (Å²) in [7, 11) is 0. The number of hydrogen-bond acceptors (Lipinski definition) is 12. The number of amides is 4. The molecule has 0 unspecified atom stereocenters. The maximum atomic E-state index is 12.5. The molecule has 0 bridgehead atoms. The van der Waals surface area contributed by atoms with E-state index in [0.29, 0.717) is 17.7 Å². The Kier molecular flexibility index (Phi) is 15.2. The van der Waals surface area contributed by atoms with Gasteiger partial charge in [-0.2, -0.15) is 0 Å². The number of aromatic amines is 1. The lowest BCUT2D eigenvalue weighted by molar-refractivity contribution is -0.140. The molecule has 3 rings (SSSR count). The summed E-state index contributed by atoms with van der Waals surface area (Å²) < 4.78 is 0. The molecule has 2 aromatic rings. The number of hydrogen-bond donors (Lipinski definition) is 7. The third-order valence-electron chi connectivity index (χ3n) is 7.75. The fourth-order valence-corrected chi connectivity index (χ4v) is 5.25. The Hall–Kier alpha value is -5.66. The molecule has 0 radical (unpaired) electrons. The first-order valence-corrected chi connectivity index (χ1v) is 16.0. The van der Waals surface area contributed by atoms with Crippen molar-refractivity contribution in [3.8, 4) is 0 Å². The van der Waals surface area contributed by atoms with E-state index in [0.717, 1.165) is 28.0 Å². The first-order valence-electron chi connectivity index (χ1n) is 16.0. The van der Waals surface area contributed by atoms with E-state index in [9.17, 15) is 53.7 Å². The van der Waals surface area contributed by atoms with Crippen molar-refractivity contribution in [2.45, 2.75) is 13.3 Å². The van der Waals surface area contributed by atoms with Gasteiger partial charge in [0.1, 0.15) is 0 Å². The zero-order valence-corrected chi connectivity index (χ0v) is 28.1. The summed E-state index contributed by atoms with van der Waals surface area (Å²) in [6, 6.07) is 6.99. The second kappa shape index (κ2) is 19.5. The number of H-pyrrole nitrogens is 1. The van der Waals surface area contributed by atoms with E-state index in [1.54, 1.807) is 11.0 Å². The predicted octanol–water partition coefficient (Wildman–Crippen LogP) is -2.09. The predicted molar refractivity (Wildman–Crippen MR) is 182 cm³/mol. The number of nitrogens with zero attached hydrogens (tertiary/aromatic N) is 4. The molecule has 1 aliphatic heterocycles. The summed E-state index contributed by atoms with van der Waals surface area (Å²) in [5, 5.41) is 37.2. The highest BCUT2D eigenvalue weighted by Crippen LogP contribution is 2.19. The van der Waals surface area contributed by atoms with Crippen LogP contribution >= 0.6 is 0 Å². The standard InChI is InChI=1S/C32H42N8O11/c1-21-14-26(42)36-24-15-22(2-3-23(21)24)33-7-9-37(17-30(46)47)10-11-38(18-31(48)49)12-13-39(19-32(50)51)16-27(43)35-20-34-25(41)6-8-40-28(44)4-5-29(40)45/h2-5,14-15,33H,6-13,16-20H2,1H3,(H,34,41)(H,35,43)(H,36,42)(H,46,47)(H,48,49)(H,50,51). The van der Waals surface area contributed by atoms with Crippen molar-refractivity contribution in [1.29, 1.82) is 0 Å². The average molecular weight is 715 g/mol. The summed E-state index contributed by atoms with van der Waals surface area (Å²) in [6.07, 6.45) is 2.00. The van der Waals surface area contributed by atoms with Crippen LogP contribution in [-0.4, -0.2) is 160 Å². The number of aromatic nitrogens is 1. The van der Waals surface area contributed by atoms with Gasteiger partial charge in [0, 0.05) is 81.5 Å². The number of benzene rings is 1. The summed E-state index contributed by atoms with van der Waals surface area (Å²) >= 11 is 0. The summed E-state index contributed by atoms with van der Waals surface area (Å²) in [5.74, 6) is -5.68. The third-order valence-corrected chi connectivity index (χ3v) is 7.75. The van der Waals surface area contributed by atoms with Gasteiger partial charge in [-0.3, -0.25) is 58.0 Å². The minimum atomic E-state index is -1.23. The molecule has 51 heavy (non-hydrogen) atoms. The quantitative estimate of drug-likeness (QED) is 0.0481. The van der Waals surface area contributed by atoms with Crippen molar-refractivity contribution in [2.75, 3.05) is 84.0 Å². The Labute approximate surface area is 291 Å². The maximum Gasteiger partial charge on any atom is 0.317 e. The molecule has 7 N–H and O–H groups in total. The van der Waals surface area contributed by atoms with Crippen LogP contribution in [0.5, 0.6) is 0 Å². The molecule has 0 saturated carbocycles. The van der Waals surface area contributed by atoms with Crippen LogP contribution in [0.4, 0.5) is 5.69 Å². The normalized spacial score (nSPS) is 12.7. The van der Waals surface area contributed by atoms with E-state index in [4.69, 9.17) is 0 Å². The van der Waals surface area contributed by atoms with Gasteiger partial charge in [-0.25, -0.2) is 0 Å². The SMILES string of the molecule is Cc1cc(=O)[nH]c2cc(NCCN(CCN(CCN(CC(=O)O)CC(=O)NCNC(=O)CCN3C(=O)C=CC3=O)CC(=O)O)CC(=O)O)ccc12. The molecule has 0 aliphatic carbocycles. The van der Waals surface area contributed by atoms with Crippen LogP contribution in [-0.2, 0) is 33.6 Å². The summed E-state index contributed by atoms with van der Waals surface area (Å²) in [5.41, 5.74) is 1.97. The number of carbonyl (C=O) groups is 7.